The fourth-order valence-corrected chi connectivity index (χ4v) is 2.77. The number of carbonyl (C=O) groups excluding carboxylic acids is 1. The maximum Gasteiger partial charge on any atom is 0.250 e. The molecule has 3 aromatic rings. The number of anilines is 1. The standard InChI is InChI=1S/C21H23ClN4O/c1-14(2)12-19(27)26-21(23-13-16-6-10-18(22)11-7-16)24-20(25-26)17-8-4-15(3)5-9-17/h4-11,14H,12-13H2,1-3H3,(H,23,24,25). The molecule has 0 radical (unpaired) electrons. The zero-order chi connectivity index (χ0) is 19.4. The summed E-state index contributed by atoms with van der Waals surface area (Å²) in [5.74, 6) is 1.15. The molecule has 0 aliphatic heterocycles. The Morgan fingerprint density at radius 2 is 1.78 bits per heavy atom. The number of rotatable bonds is 6. The molecule has 3 rings (SSSR count). The highest BCUT2D eigenvalue weighted by molar-refractivity contribution is 6.30. The molecule has 0 aliphatic carbocycles. The summed E-state index contributed by atoms with van der Waals surface area (Å²) in [6.45, 7) is 6.58. The molecule has 0 fully saturated rings. The first-order valence-electron chi connectivity index (χ1n) is 8.98. The van der Waals surface area contributed by atoms with Crippen molar-refractivity contribution in [3.63, 3.8) is 0 Å². The van der Waals surface area contributed by atoms with Crippen LogP contribution in [0.15, 0.2) is 48.5 Å². The van der Waals surface area contributed by atoms with Crippen LogP contribution in [0.3, 0.4) is 0 Å². The van der Waals surface area contributed by atoms with E-state index in [1.165, 1.54) is 4.68 Å². The highest BCUT2D eigenvalue weighted by Crippen LogP contribution is 2.20. The smallest absolute Gasteiger partial charge is 0.250 e. The van der Waals surface area contributed by atoms with E-state index in [9.17, 15) is 4.79 Å². The molecule has 0 bridgehead atoms. The average molecular weight is 383 g/mol. The Hall–Kier alpha value is -2.66. The van der Waals surface area contributed by atoms with Crippen molar-refractivity contribution in [1.29, 1.82) is 0 Å². The van der Waals surface area contributed by atoms with Crippen LogP contribution in [0.5, 0.6) is 0 Å². The molecule has 1 heterocycles. The van der Waals surface area contributed by atoms with E-state index in [0.29, 0.717) is 29.8 Å². The van der Waals surface area contributed by atoms with Gasteiger partial charge in [0.15, 0.2) is 5.82 Å². The Bertz CT molecular complexity index is 914. The van der Waals surface area contributed by atoms with Crippen LogP contribution in [-0.4, -0.2) is 20.7 Å². The van der Waals surface area contributed by atoms with Gasteiger partial charge in [0.25, 0.3) is 0 Å². The number of benzene rings is 2. The molecule has 0 spiro atoms. The summed E-state index contributed by atoms with van der Waals surface area (Å²) in [5.41, 5.74) is 3.09. The fraction of sp³-hybridized carbons (Fsp3) is 0.286. The second-order valence-corrected chi connectivity index (χ2v) is 7.45. The molecule has 0 saturated heterocycles. The van der Waals surface area contributed by atoms with Gasteiger partial charge in [-0.3, -0.25) is 4.79 Å². The van der Waals surface area contributed by atoms with Gasteiger partial charge in [-0.25, -0.2) is 0 Å². The van der Waals surface area contributed by atoms with E-state index < -0.39 is 0 Å². The predicted octanol–water partition coefficient (Wildman–Crippen LogP) is 5.21. The van der Waals surface area contributed by atoms with Gasteiger partial charge < -0.3 is 5.32 Å². The molecular formula is C21H23ClN4O. The summed E-state index contributed by atoms with van der Waals surface area (Å²) in [5, 5.41) is 8.38. The van der Waals surface area contributed by atoms with E-state index >= 15 is 0 Å². The quantitative estimate of drug-likeness (QED) is 0.636. The molecule has 2 aromatic carbocycles. The first kappa shape index (κ1) is 19.1. The van der Waals surface area contributed by atoms with E-state index in [2.05, 4.69) is 15.4 Å². The van der Waals surface area contributed by atoms with Crippen molar-refractivity contribution in [3.8, 4) is 11.4 Å². The van der Waals surface area contributed by atoms with Crippen molar-refractivity contribution in [2.75, 3.05) is 5.32 Å². The predicted molar refractivity (Wildman–Crippen MR) is 109 cm³/mol. The van der Waals surface area contributed by atoms with Crippen molar-refractivity contribution in [3.05, 3.63) is 64.7 Å². The maximum absolute atomic E-state index is 12.6. The normalized spacial score (nSPS) is 11.0. The molecular weight excluding hydrogens is 360 g/mol. The minimum Gasteiger partial charge on any atom is -0.350 e. The molecule has 1 N–H and O–H groups in total. The Balaban J connectivity index is 1.88. The zero-order valence-electron chi connectivity index (χ0n) is 15.7. The molecule has 0 aliphatic rings. The van der Waals surface area contributed by atoms with Gasteiger partial charge in [0.2, 0.25) is 11.9 Å². The maximum atomic E-state index is 12.6. The van der Waals surface area contributed by atoms with Gasteiger partial charge in [0, 0.05) is 23.6 Å². The van der Waals surface area contributed by atoms with E-state index in [1.54, 1.807) is 0 Å². The topological polar surface area (TPSA) is 59.8 Å². The van der Waals surface area contributed by atoms with Crippen LogP contribution in [0.4, 0.5) is 5.95 Å². The number of carbonyl (C=O) groups is 1. The summed E-state index contributed by atoms with van der Waals surface area (Å²) >= 11 is 5.93. The highest BCUT2D eigenvalue weighted by atomic mass is 35.5. The lowest BCUT2D eigenvalue weighted by molar-refractivity contribution is 0.0873. The first-order valence-corrected chi connectivity index (χ1v) is 9.36. The van der Waals surface area contributed by atoms with Crippen molar-refractivity contribution in [2.45, 2.75) is 33.7 Å². The minimum atomic E-state index is -0.0746. The highest BCUT2D eigenvalue weighted by Gasteiger charge is 2.18. The monoisotopic (exact) mass is 382 g/mol. The molecule has 0 amide bonds. The van der Waals surface area contributed by atoms with Crippen LogP contribution < -0.4 is 5.32 Å². The van der Waals surface area contributed by atoms with Gasteiger partial charge >= 0.3 is 0 Å². The summed E-state index contributed by atoms with van der Waals surface area (Å²) in [4.78, 5) is 17.2. The first-order chi connectivity index (χ1) is 12.9. The molecule has 1 aromatic heterocycles. The molecule has 6 heteroatoms. The van der Waals surface area contributed by atoms with Crippen LogP contribution in [0.25, 0.3) is 11.4 Å². The van der Waals surface area contributed by atoms with E-state index in [4.69, 9.17) is 11.6 Å². The van der Waals surface area contributed by atoms with Crippen LogP contribution in [0, 0.1) is 12.8 Å². The van der Waals surface area contributed by atoms with Crippen LogP contribution >= 0.6 is 11.6 Å². The summed E-state index contributed by atoms with van der Waals surface area (Å²) in [6, 6.07) is 15.5. The van der Waals surface area contributed by atoms with Crippen molar-refractivity contribution in [1.82, 2.24) is 14.8 Å². The fourth-order valence-electron chi connectivity index (χ4n) is 2.64. The van der Waals surface area contributed by atoms with E-state index in [0.717, 1.165) is 16.7 Å². The van der Waals surface area contributed by atoms with E-state index in [-0.39, 0.29) is 11.8 Å². The van der Waals surface area contributed by atoms with Gasteiger partial charge in [-0.15, -0.1) is 5.10 Å². The third-order valence-corrected chi connectivity index (χ3v) is 4.35. The Morgan fingerprint density at radius 3 is 2.41 bits per heavy atom. The second kappa shape index (κ2) is 8.35. The summed E-state index contributed by atoms with van der Waals surface area (Å²) in [6.07, 6.45) is 0.409. The number of halogens is 1. The van der Waals surface area contributed by atoms with Crippen molar-refractivity contribution in [2.24, 2.45) is 5.92 Å². The lowest BCUT2D eigenvalue weighted by atomic mass is 10.1. The number of hydrogen-bond acceptors (Lipinski definition) is 4. The number of nitrogens with one attached hydrogen (secondary N) is 1. The van der Waals surface area contributed by atoms with Gasteiger partial charge in [0.05, 0.1) is 0 Å². The third kappa shape index (κ3) is 4.95. The van der Waals surface area contributed by atoms with Crippen LogP contribution in [-0.2, 0) is 6.54 Å². The van der Waals surface area contributed by atoms with Gasteiger partial charge in [0.1, 0.15) is 0 Å². The molecule has 0 unspecified atom stereocenters. The number of nitrogens with zero attached hydrogens (tertiary/aromatic N) is 3. The molecule has 0 saturated carbocycles. The average Bonchev–Trinajstić information content (AvgIpc) is 3.06. The Labute approximate surface area is 164 Å². The van der Waals surface area contributed by atoms with E-state index in [1.807, 2.05) is 69.3 Å². The van der Waals surface area contributed by atoms with Gasteiger partial charge in [-0.1, -0.05) is 67.4 Å². The van der Waals surface area contributed by atoms with Crippen molar-refractivity contribution >= 4 is 23.5 Å². The second-order valence-electron chi connectivity index (χ2n) is 7.01. The number of aryl methyl sites for hydroxylation is 1. The SMILES string of the molecule is Cc1ccc(-c2nc(NCc3ccc(Cl)cc3)n(C(=O)CC(C)C)n2)cc1. The van der Waals surface area contributed by atoms with Gasteiger partial charge in [-0.05, 0) is 30.5 Å². The van der Waals surface area contributed by atoms with Gasteiger partial charge in [-0.2, -0.15) is 9.67 Å². The Morgan fingerprint density at radius 1 is 1.11 bits per heavy atom. The number of hydrogen-bond donors (Lipinski definition) is 1. The molecule has 5 nitrogen and oxygen atoms in total. The number of aromatic nitrogens is 3. The lowest BCUT2D eigenvalue weighted by Gasteiger charge is -2.08. The van der Waals surface area contributed by atoms with Crippen LogP contribution in [0.1, 0.15) is 36.2 Å². The molecule has 140 valence electrons. The molecule has 0 atom stereocenters. The third-order valence-electron chi connectivity index (χ3n) is 4.10. The summed E-state index contributed by atoms with van der Waals surface area (Å²) < 4.78 is 1.38. The minimum absolute atomic E-state index is 0.0746. The van der Waals surface area contributed by atoms with Crippen molar-refractivity contribution < 1.29 is 4.79 Å². The zero-order valence-corrected chi connectivity index (χ0v) is 16.5. The molecule has 27 heavy (non-hydrogen) atoms. The van der Waals surface area contributed by atoms with Crippen LogP contribution in [0.2, 0.25) is 5.02 Å². The summed E-state index contributed by atoms with van der Waals surface area (Å²) in [7, 11) is 0. The lowest BCUT2D eigenvalue weighted by Crippen LogP contribution is -2.18. The Kier molecular flexibility index (Phi) is 5.91. The largest absolute Gasteiger partial charge is 0.350 e.